The number of aromatic nitrogens is 1. The molecule has 1 aromatic heterocycles. The molecular weight excluding hydrogens is 383 g/mol. The Kier molecular flexibility index (Phi) is 6.93. The summed E-state index contributed by atoms with van der Waals surface area (Å²) in [5.74, 6) is -1.17. The molecule has 27 heavy (non-hydrogen) atoms. The minimum absolute atomic E-state index is 0.101. The average Bonchev–Trinajstić information content (AvgIpc) is 2.64. The Labute approximate surface area is 166 Å². The quantitative estimate of drug-likeness (QED) is 0.563. The van der Waals surface area contributed by atoms with Crippen LogP contribution in [-0.4, -0.2) is 39.3 Å². The summed E-state index contributed by atoms with van der Waals surface area (Å²) in [6.45, 7) is 3.82. The normalized spacial score (nSPS) is 19.3. The van der Waals surface area contributed by atoms with Gasteiger partial charge in [-0.3, -0.25) is 4.90 Å². The number of aliphatic carboxylic acids is 1. The molecule has 0 radical (unpaired) electrons. The summed E-state index contributed by atoms with van der Waals surface area (Å²) in [6, 6.07) is 10.6. The van der Waals surface area contributed by atoms with Crippen molar-refractivity contribution >= 4 is 27.6 Å². The topological polar surface area (TPSA) is 53.4 Å². The van der Waals surface area contributed by atoms with Crippen molar-refractivity contribution in [3.8, 4) is 0 Å². The molecule has 1 unspecified atom stereocenters. The van der Waals surface area contributed by atoms with Crippen LogP contribution in [-0.2, 0) is 11.3 Å². The zero-order chi connectivity index (χ0) is 19.2. The molecule has 0 spiro atoms. The van der Waals surface area contributed by atoms with E-state index in [1.807, 2.05) is 25.1 Å². The molecular formula is C20H21FN2O2S2. The highest BCUT2D eigenvalue weighted by molar-refractivity contribution is 8.77. The molecule has 2 aromatic rings. The van der Waals surface area contributed by atoms with Crippen molar-refractivity contribution < 1.29 is 14.3 Å². The molecule has 4 nitrogen and oxygen atoms in total. The van der Waals surface area contributed by atoms with E-state index in [1.54, 1.807) is 39.9 Å². The molecule has 142 valence electrons. The monoisotopic (exact) mass is 404 g/mol. The number of hydrogen-bond acceptors (Lipinski definition) is 5. The Bertz CT molecular complexity index is 844. The van der Waals surface area contributed by atoms with Gasteiger partial charge in [-0.2, -0.15) is 0 Å². The number of carboxylic acids is 1. The summed E-state index contributed by atoms with van der Waals surface area (Å²) in [6.07, 6.45) is 3.88. The molecule has 1 atom stereocenters. The number of aryl methyl sites for hydroxylation is 1. The van der Waals surface area contributed by atoms with Gasteiger partial charge in [-0.1, -0.05) is 35.1 Å². The van der Waals surface area contributed by atoms with E-state index in [0.717, 1.165) is 29.1 Å². The molecule has 0 saturated carbocycles. The van der Waals surface area contributed by atoms with Crippen molar-refractivity contribution in [2.45, 2.75) is 30.2 Å². The second-order valence-electron chi connectivity index (χ2n) is 6.44. The molecule has 2 heterocycles. The van der Waals surface area contributed by atoms with Gasteiger partial charge in [-0.15, -0.1) is 0 Å². The molecule has 1 aliphatic rings. The van der Waals surface area contributed by atoms with Crippen LogP contribution in [0.3, 0.4) is 0 Å². The van der Waals surface area contributed by atoms with Crippen LogP contribution in [0.15, 0.2) is 59.3 Å². The van der Waals surface area contributed by atoms with Gasteiger partial charge in [-0.05, 0) is 47.4 Å². The van der Waals surface area contributed by atoms with Crippen LogP contribution in [0, 0.1) is 12.7 Å². The number of carboxylic acid groups (broad SMARTS) is 1. The van der Waals surface area contributed by atoms with Crippen molar-refractivity contribution in [3.05, 3.63) is 71.2 Å². The Morgan fingerprint density at radius 1 is 1.37 bits per heavy atom. The second kappa shape index (κ2) is 9.39. The molecule has 1 saturated heterocycles. The minimum Gasteiger partial charge on any atom is -0.478 e. The van der Waals surface area contributed by atoms with Crippen molar-refractivity contribution in [3.63, 3.8) is 0 Å². The van der Waals surface area contributed by atoms with E-state index in [4.69, 9.17) is 0 Å². The number of likely N-dealkylation sites (tertiary alicyclic amines) is 1. The molecule has 3 rings (SSSR count). The van der Waals surface area contributed by atoms with Crippen molar-refractivity contribution in [1.29, 1.82) is 0 Å². The predicted octanol–water partition coefficient (Wildman–Crippen LogP) is 4.55. The van der Waals surface area contributed by atoms with Gasteiger partial charge in [0.15, 0.2) is 0 Å². The first kappa shape index (κ1) is 19.9. The smallest absolute Gasteiger partial charge is 0.328 e. The van der Waals surface area contributed by atoms with Gasteiger partial charge in [0.25, 0.3) is 0 Å². The van der Waals surface area contributed by atoms with Crippen LogP contribution >= 0.6 is 21.6 Å². The van der Waals surface area contributed by atoms with Crippen LogP contribution in [0.5, 0.6) is 0 Å². The number of piperidine rings is 1. The van der Waals surface area contributed by atoms with E-state index in [1.165, 1.54) is 12.1 Å². The fourth-order valence-electron chi connectivity index (χ4n) is 3.00. The molecule has 0 bridgehead atoms. The first-order chi connectivity index (χ1) is 13.0. The summed E-state index contributed by atoms with van der Waals surface area (Å²) in [4.78, 5) is 17.8. The van der Waals surface area contributed by atoms with Gasteiger partial charge in [0.2, 0.25) is 0 Å². The Balaban J connectivity index is 1.67. The zero-order valence-corrected chi connectivity index (χ0v) is 16.6. The second-order valence-corrected chi connectivity index (χ2v) is 8.83. The predicted molar refractivity (Wildman–Crippen MR) is 108 cm³/mol. The lowest BCUT2D eigenvalue weighted by atomic mass is 10.0. The molecule has 1 N–H and O–H groups in total. The number of nitrogens with zero attached hydrogens (tertiary/aromatic N) is 2. The van der Waals surface area contributed by atoms with Crippen molar-refractivity contribution in [2.24, 2.45) is 0 Å². The Morgan fingerprint density at radius 2 is 2.19 bits per heavy atom. The number of halogens is 1. The highest BCUT2D eigenvalue weighted by atomic mass is 33.1. The minimum atomic E-state index is -0.942. The highest BCUT2D eigenvalue weighted by Gasteiger charge is 2.26. The van der Waals surface area contributed by atoms with Crippen LogP contribution in [0.2, 0.25) is 0 Å². The third kappa shape index (κ3) is 5.57. The SMILES string of the molecule is Cc1cccnc1SSC1CCN(Cc2ccccc2F)C/C1=C/C(=O)O. The number of pyridine rings is 1. The van der Waals surface area contributed by atoms with Gasteiger partial charge in [-0.25, -0.2) is 14.2 Å². The molecule has 0 aliphatic carbocycles. The summed E-state index contributed by atoms with van der Waals surface area (Å²) < 4.78 is 13.9. The molecule has 1 aromatic carbocycles. The third-order valence-electron chi connectivity index (χ3n) is 4.39. The molecule has 0 amide bonds. The van der Waals surface area contributed by atoms with Gasteiger partial charge in [0, 0.05) is 42.7 Å². The molecule has 1 fully saturated rings. The number of hydrogen-bond donors (Lipinski definition) is 1. The largest absolute Gasteiger partial charge is 0.478 e. The van der Waals surface area contributed by atoms with E-state index < -0.39 is 5.97 Å². The standard InChI is InChI=1S/C20H21FN2O2S2/c1-14-5-4-9-22-20(14)27-26-18-8-10-23(13-16(18)11-19(24)25)12-15-6-2-3-7-17(15)21/h2-7,9,11,18H,8,10,12-13H2,1H3,(H,24,25)/b16-11-. The maximum atomic E-state index is 13.9. The van der Waals surface area contributed by atoms with Gasteiger partial charge in [0.05, 0.1) is 0 Å². The van der Waals surface area contributed by atoms with E-state index in [0.29, 0.717) is 18.7 Å². The lowest BCUT2D eigenvalue weighted by Gasteiger charge is -2.33. The van der Waals surface area contributed by atoms with E-state index in [9.17, 15) is 14.3 Å². The Morgan fingerprint density at radius 3 is 2.93 bits per heavy atom. The van der Waals surface area contributed by atoms with E-state index >= 15 is 0 Å². The van der Waals surface area contributed by atoms with Crippen LogP contribution in [0.1, 0.15) is 17.5 Å². The summed E-state index contributed by atoms with van der Waals surface area (Å²) in [5.41, 5.74) is 2.60. The summed E-state index contributed by atoms with van der Waals surface area (Å²) in [5, 5.41) is 10.3. The number of rotatable bonds is 6. The lowest BCUT2D eigenvalue weighted by Crippen LogP contribution is -2.36. The van der Waals surface area contributed by atoms with Crippen LogP contribution in [0.25, 0.3) is 0 Å². The van der Waals surface area contributed by atoms with Crippen molar-refractivity contribution in [1.82, 2.24) is 9.88 Å². The lowest BCUT2D eigenvalue weighted by molar-refractivity contribution is -0.131. The first-order valence-corrected chi connectivity index (χ1v) is 10.9. The third-order valence-corrected chi connectivity index (χ3v) is 7.30. The maximum absolute atomic E-state index is 13.9. The molecule has 7 heteroatoms. The van der Waals surface area contributed by atoms with Gasteiger partial charge >= 0.3 is 5.97 Å². The number of benzene rings is 1. The average molecular weight is 405 g/mol. The fraction of sp³-hybridized carbons (Fsp3) is 0.300. The van der Waals surface area contributed by atoms with Gasteiger partial charge in [0.1, 0.15) is 10.8 Å². The zero-order valence-electron chi connectivity index (χ0n) is 15.0. The highest BCUT2D eigenvalue weighted by Crippen LogP contribution is 2.40. The Hall–Kier alpha value is -1.83. The van der Waals surface area contributed by atoms with Crippen LogP contribution in [0.4, 0.5) is 4.39 Å². The van der Waals surface area contributed by atoms with Gasteiger partial charge < -0.3 is 5.11 Å². The molecule has 1 aliphatic heterocycles. The summed E-state index contributed by atoms with van der Waals surface area (Å²) >= 11 is 0. The van der Waals surface area contributed by atoms with E-state index in [2.05, 4.69) is 9.88 Å². The van der Waals surface area contributed by atoms with Crippen LogP contribution < -0.4 is 0 Å². The maximum Gasteiger partial charge on any atom is 0.328 e. The van der Waals surface area contributed by atoms with E-state index in [-0.39, 0.29) is 11.1 Å². The fourth-order valence-corrected chi connectivity index (χ4v) is 5.78. The summed E-state index contributed by atoms with van der Waals surface area (Å²) in [7, 11) is 3.23. The first-order valence-electron chi connectivity index (χ1n) is 8.67. The van der Waals surface area contributed by atoms with Crippen molar-refractivity contribution in [2.75, 3.05) is 13.1 Å². The number of carbonyl (C=O) groups is 1.